The van der Waals surface area contributed by atoms with Crippen LogP contribution in [0, 0.1) is 0 Å². The first-order valence-electron chi connectivity index (χ1n) is 13.3. The molecule has 0 amide bonds. The molecule has 4 nitrogen and oxygen atoms in total. The van der Waals surface area contributed by atoms with Gasteiger partial charge in [-0.1, -0.05) is 76.6 Å². The van der Waals surface area contributed by atoms with Gasteiger partial charge in [-0.3, -0.25) is 9.97 Å². The van der Waals surface area contributed by atoms with E-state index in [0.717, 1.165) is 60.2 Å². The van der Waals surface area contributed by atoms with E-state index in [2.05, 4.69) is 117 Å². The number of fused-ring (bicyclic) bond motifs is 1. The normalized spacial score (nSPS) is 11.0. The van der Waals surface area contributed by atoms with Gasteiger partial charge >= 0.3 is 0 Å². The lowest BCUT2D eigenvalue weighted by Crippen LogP contribution is -1.96. The molecular weight excluding hydrogens is 568 g/mol. The van der Waals surface area contributed by atoms with Crippen LogP contribution in [0.2, 0.25) is 0 Å². The fourth-order valence-electron chi connectivity index (χ4n) is 5.03. The predicted molar refractivity (Wildman–Crippen MR) is 170 cm³/mol. The van der Waals surface area contributed by atoms with Crippen LogP contribution in [0.15, 0.2) is 145 Å². The number of hydrogen-bond acceptors (Lipinski definition) is 4. The molecule has 0 bridgehead atoms. The highest BCUT2D eigenvalue weighted by Crippen LogP contribution is 2.34. The van der Waals surface area contributed by atoms with Gasteiger partial charge in [-0.05, 0) is 87.6 Å². The standard InChI is InChI=1S/C36H23BrN4/c37-33-21-31(27-13-17-39-18-14-27)20-32(22-33)35-23-34(28-8-5-25(6-9-28)26-11-15-38-16-12-26)40-36(41-35)30-10-7-24-3-1-2-4-29(24)19-30/h1-23H. The second-order valence-corrected chi connectivity index (χ2v) is 10.7. The first-order valence-corrected chi connectivity index (χ1v) is 14.1. The minimum Gasteiger partial charge on any atom is -0.265 e. The summed E-state index contributed by atoms with van der Waals surface area (Å²) in [5.41, 5.74) is 9.17. The van der Waals surface area contributed by atoms with Gasteiger partial charge in [-0.2, -0.15) is 0 Å². The van der Waals surface area contributed by atoms with Crippen molar-refractivity contribution < 1.29 is 0 Å². The Kier molecular flexibility index (Phi) is 6.63. The van der Waals surface area contributed by atoms with E-state index in [1.807, 2.05) is 49.1 Å². The summed E-state index contributed by atoms with van der Waals surface area (Å²) in [6.07, 6.45) is 7.25. The maximum atomic E-state index is 5.10. The Labute approximate surface area is 246 Å². The van der Waals surface area contributed by atoms with Crippen molar-refractivity contribution in [1.82, 2.24) is 19.9 Å². The summed E-state index contributed by atoms with van der Waals surface area (Å²) in [5.74, 6) is 0.687. The number of aromatic nitrogens is 4. The lowest BCUT2D eigenvalue weighted by molar-refractivity contribution is 1.18. The van der Waals surface area contributed by atoms with E-state index in [1.165, 1.54) is 5.39 Å². The maximum absolute atomic E-state index is 5.10. The quantitative estimate of drug-likeness (QED) is 0.200. The highest BCUT2D eigenvalue weighted by molar-refractivity contribution is 9.10. The molecule has 0 atom stereocenters. The molecule has 0 spiro atoms. The lowest BCUT2D eigenvalue weighted by Gasteiger charge is -2.12. The Hall–Kier alpha value is -5.00. The van der Waals surface area contributed by atoms with Crippen LogP contribution in [0.4, 0.5) is 0 Å². The molecule has 0 aliphatic carbocycles. The molecule has 3 aromatic heterocycles. The van der Waals surface area contributed by atoms with E-state index in [4.69, 9.17) is 9.97 Å². The zero-order valence-corrected chi connectivity index (χ0v) is 23.5. The summed E-state index contributed by atoms with van der Waals surface area (Å²) in [5, 5.41) is 2.35. The molecule has 0 unspecified atom stereocenters. The van der Waals surface area contributed by atoms with Gasteiger partial charge in [0.15, 0.2) is 5.82 Å². The summed E-state index contributed by atoms with van der Waals surface area (Å²) >= 11 is 3.73. The average Bonchev–Trinajstić information content (AvgIpc) is 3.05. The van der Waals surface area contributed by atoms with E-state index >= 15 is 0 Å². The predicted octanol–water partition coefficient (Wildman–Crippen LogP) is 9.52. The van der Waals surface area contributed by atoms with Crippen molar-refractivity contribution in [2.24, 2.45) is 0 Å². The van der Waals surface area contributed by atoms with Crippen LogP contribution < -0.4 is 0 Å². The average molecular weight is 592 g/mol. The number of pyridine rings is 2. The zero-order chi connectivity index (χ0) is 27.6. The van der Waals surface area contributed by atoms with Crippen molar-refractivity contribution >= 4 is 26.7 Å². The molecule has 5 heteroatoms. The van der Waals surface area contributed by atoms with Crippen LogP contribution in [0.1, 0.15) is 0 Å². The molecule has 7 aromatic rings. The van der Waals surface area contributed by atoms with Gasteiger partial charge in [0.1, 0.15) is 0 Å². The van der Waals surface area contributed by atoms with Crippen LogP contribution in [-0.2, 0) is 0 Å². The molecule has 0 aliphatic heterocycles. The Bertz CT molecular complexity index is 1990. The topological polar surface area (TPSA) is 51.6 Å². The van der Waals surface area contributed by atoms with Crippen LogP contribution in [0.5, 0.6) is 0 Å². The Morgan fingerprint density at radius 3 is 1.63 bits per heavy atom. The van der Waals surface area contributed by atoms with Crippen molar-refractivity contribution in [2.75, 3.05) is 0 Å². The van der Waals surface area contributed by atoms with Gasteiger partial charge in [0, 0.05) is 46.0 Å². The van der Waals surface area contributed by atoms with E-state index in [9.17, 15) is 0 Å². The molecule has 0 N–H and O–H groups in total. The molecule has 0 saturated carbocycles. The second kappa shape index (κ2) is 10.9. The maximum Gasteiger partial charge on any atom is 0.160 e. The van der Waals surface area contributed by atoms with Crippen molar-refractivity contribution in [3.8, 4) is 56.2 Å². The molecule has 0 saturated heterocycles. The molecule has 0 aliphatic rings. The van der Waals surface area contributed by atoms with Crippen molar-refractivity contribution in [3.63, 3.8) is 0 Å². The van der Waals surface area contributed by atoms with Gasteiger partial charge < -0.3 is 0 Å². The minimum atomic E-state index is 0.687. The molecule has 7 rings (SSSR count). The molecule has 41 heavy (non-hydrogen) atoms. The molecule has 194 valence electrons. The van der Waals surface area contributed by atoms with Crippen LogP contribution >= 0.6 is 15.9 Å². The summed E-state index contributed by atoms with van der Waals surface area (Å²) in [4.78, 5) is 18.5. The van der Waals surface area contributed by atoms with Gasteiger partial charge in [-0.15, -0.1) is 0 Å². The largest absolute Gasteiger partial charge is 0.265 e. The Balaban J connectivity index is 1.38. The highest BCUT2D eigenvalue weighted by Gasteiger charge is 2.13. The molecular formula is C36H23BrN4. The fraction of sp³-hybridized carbons (Fsp3) is 0. The van der Waals surface area contributed by atoms with Gasteiger partial charge in [0.2, 0.25) is 0 Å². The van der Waals surface area contributed by atoms with E-state index < -0.39 is 0 Å². The number of hydrogen-bond donors (Lipinski definition) is 0. The molecule has 4 aromatic carbocycles. The smallest absolute Gasteiger partial charge is 0.160 e. The molecule has 0 fully saturated rings. The fourth-order valence-corrected chi connectivity index (χ4v) is 5.52. The Morgan fingerprint density at radius 1 is 0.390 bits per heavy atom. The van der Waals surface area contributed by atoms with Crippen molar-refractivity contribution in [2.45, 2.75) is 0 Å². The second-order valence-electron chi connectivity index (χ2n) is 9.80. The summed E-state index contributed by atoms with van der Waals surface area (Å²) < 4.78 is 0.982. The number of rotatable bonds is 5. The summed E-state index contributed by atoms with van der Waals surface area (Å²) in [6, 6.07) is 39.8. The van der Waals surface area contributed by atoms with E-state index in [0.29, 0.717) is 5.82 Å². The molecule has 3 heterocycles. The summed E-state index contributed by atoms with van der Waals surface area (Å²) in [7, 11) is 0. The number of halogens is 1. The van der Waals surface area contributed by atoms with Crippen molar-refractivity contribution in [3.05, 3.63) is 145 Å². The first-order chi connectivity index (χ1) is 20.2. The van der Waals surface area contributed by atoms with Gasteiger partial charge in [-0.25, -0.2) is 9.97 Å². The third-order valence-electron chi connectivity index (χ3n) is 7.14. The van der Waals surface area contributed by atoms with Gasteiger partial charge in [0.25, 0.3) is 0 Å². The SMILES string of the molecule is Brc1cc(-c2ccncc2)cc(-c2cc(-c3ccc(-c4ccncc4)cc3)nc(-c3ccc4ccccc4c3)n2)c1. The summed E-state index contributed by atoms with van der Waals surface area (Å²) in [6.45, 7) is 0. The van der Waals surface area contributed by atoms with Crippen LogP contribution in [-0.4, -0.2) is 19.9 Å². The monoisotopic (exact) mass is 590 g/mol. The third kappa shape index (κ3) is 5.28. The van der Waals surface area contributed by atoms with E-state index in [-0.39, 0.29) is 0 Å². The Morgan fingerprint density at radius 2 is 0.927 bits per heavy atom. The van der Waals surface area contributed by atoms with Gasteiger partial charge in [0.05, 0.1) is 11.4 Å². The molecule has 0 radical (unpaired) electrons. The minimum absolute atomic E-state index is 0.687. The number of benzene rings is 4. The number of nitrogens with zero attached hydrogens (tertiary/aromatic N) is 4. The van der Waals surface area contributed by atoms with Crippen molar-refractivity contribution in [1.29, 1.82) is 0 Å². The van der Waals surface area contributed by atoms with Crippen LogP contribution in [0.3, 0.4) is 0 Å². The van der Waals surface area contributed by atoms with Crippen LogP contribution in [0.25, 0.3) is 66.9 Å². The third-order valence-corrected chi connectivity index (χ3v) is 7.59. The highest BCUT2D eigenvalue weighted by atomic mass is 79.9. The zero-order valence-electron chi connectivity index (χ0n) is 21.9. The lowest BCUT2D eigenvalue weighted by atomic mass is 10.00. The first kappa shape index (κ1) is 25.0. The van der Waals surface area contributed by atoms with E-state index in [1.54, 1.807) is 0 Å².